The fourth-order valence-electron chi connectivity index (χ4n) is 2.32. The van der Waals surface area contributed by atoms with Crippen LogP contribution >= 0.6 is 0 Å². The largest absolute Gasteiger partial charge is 0.492 e. The molecule has 0 spiro atoms. The molecule has 104 valence electrons. The normalized spacial score (nSPS) is 18.9. The van der Waals surface area contributed by atoms with Gasteiger partial charge in [-0.1, -0.05) is 6.07 Å². The van der Waals surface area contributed by atoms with E-state index in [0.717, 1.165) is 42.9 Å². The van der Waals surface area contributed by atoms with Crippen LogP contribution in [0.25, 0.3) is 0 Å². The molecule has 0 radical (unpaired) electrons. The minimum absolute atomic E-state index is 0.0597. The molecule has 0 bridgehead atoms. The maximum absolute atomic E-state index is 12.2. The molecule has 1 aromatic rings. The second-order valence-corrected chi connectivity index (χ2v) is 4.97. The van der Waals surface area contributed by atoms with Crippen LogP contribution in [-0.2, 0) is 4.79 Å². The fraction of sp³-hybridized carbons (Fsp3) is 0.533. The molecule has 0 aliphatic carbocycles. The quantitative estimate of drug-likeness (QED) is 0.875. The van der Waals surface area contributed by atoms with E-state index in [1.54, 1.807) is 0 Å². The molecule has 1 aliphatic heterocycles. The van der Waals surface area contributed by atoms with E-state index in [1.165, 1.54) is 0 Å². The van der Waals surface area contributed by atoms with E-state index in [4.69, 9.17) is 4.74 Å². The first kappa shape index (κ1) is 13.9. The van der Waals surface area contributed by atoms with Crippen LogP contribution in [-0.4, -0.2) is 25.6 Å². The molecule has 4 nitrogen and oxygen atoms in total. The van der Waals surface area contributed by atoms with Crippen molar-refractivity contribution in [2.45, 2.75) is 26.7 Å². The van der Waals surface area contributed by atoms with Gasteiger partial charge in [0.15, 0.2) is 0 Å². The predicted octanol–water partition coefficient (Wildman–Crippen LogP) is 2.33. The number of piperidine rings is 1. The van der Waals surface area contributed by atoms with E-state index in [2.05, 4.69) is 10.6 Å². The third-order valence-corrected chi connectivity index (χ3v) is 3.36. The number of benzene rings is 1. The van der Waals surface area contributed by atoms with Crippen LogP contribution in [0.3, 0.4) is 0 Å². The first-order valence-corrected chi connectivity index (χ1v) is 6.95. The van der Waals surface area contributed by atoms with Crippen molar-refractivity contribution in [3.63, 3.8) is 0 Å². The number of carbonyl (C=O) groups is 1. The molecule has 1 saturated heterocycles. The van der Waals surface area contributed by atoms with Gasteiger partial charge in [-0.2, -0.15) is 0 Å². The zero-order valence-corrected chi connectivity index (χ0v) is 11.7. The maximum Gasteiger partial charge on any atom is 0.228 e. The number of rotatable bonds is 4. The second kappa shape index (κ2) is 6.57. The minimum Gasteiger partial charge on any atom is -0.492 e. The fourth-order valence-corrected chi connectivity index (χ4v) is 2.32. The molecule has 19 heavy (non-hydrogen) atoms. The van der Waals surface area contributed by atoms with Gasteiger partial charge in [0.2, 0.25) is 5.91 Å². The highest BCUT2D eigenvalue weighted by Gasteiger charge is 2.21. The van der Waals surface area contributed by atoms with Crippen molar-refractivity contribution in [1.82, 2.24) is 5.32 Å². The molecular formula is C15H22N2O2. The molecule has 1 aliphatic rings. The molecule has 1 atom stereocenters. The summed E-state index contributed by atoms with van der Waals surface area (Å²) in [6, 6.07) is 5.85. The molecule has 1 fully saturated rings. The summed E-state index contributed by atoms with van der Waals surface area (Å²) in [5.74, 6) is 0.890. The lowest BCUT2D eigenvalue weighted by atomic mass is 9.98. The standard InChI is InChI=1S/C15H22N2O2/c1-3-19-14-9-11(2)6-7-13(14)17-15(18)12-5-4-8-16-10-12/h6-7,9,12,16H,3-5,8,10H2,1-2H3,(H,17,18)/t12-/m1/s1. The van der Waals surface area contributed by atoms with E-state index < -0.39 is 0 Å². The van der Waals surface area contributed by atoms with Gasteiger partial charge in [-0.05, 0) is 50.9 Å². The van der Waals surface area contributed by atoms with E-state index in [-0.39, 0.29) is 11.8 Å². The molecule has 2 N–H and O–H groups in total. The summed E-state index contributed by atoms with van der Waals surface area (Å²) in [6.45, 7) is 6.33. The second-order valence-electron chi connectivity index (χ2n) is 4.97. The third kappa shape index (κ3) is 3.70. The van der Waals surface area contributed by atoms with Gasteiger partial charge in [0.25, 0.3) is 0 Å². The Balaban J connectivity index is 2.06. The lowest BCUT2D eigenvalue weighted by molar-refractivity contribution is -0.120. The molecule has 1 heterocycles. The van der Waals surface area contributed by atoms with Gasteiger partial charge >= 0.3 is 0 Å². The van der Waals surface area contributed by atoms with Crippen molar-refractivity contribution < 1.29 is 9.53 Å². The summed E-state index contributed by atoms with van der Waals surface area (Å²) in [7, 11) is 0. The summed E-state index contributed by atoms with van der Waals surface area (Å²) < 4.78 is 5.58. The Kier molecular flexibility index (Phi) is 4.80. The van der Waals surface area contributed by atoms with Crippen molar-refractivity contribution in [3.8, 4) is 5.75 Å². The zero-order chi connectivity index (χ0) is 13.7. The minimum atomic E-state index is 0.0597. The predicted molar refractivity (Wildman–Crippen MR) is 76.6 cm³/mol. The molecular weight excluding hydrogens is 240 g/mol. The van der Waals surface area contributed by atoms with Gasteiger partial charge < -0.3 is 15.4 Å². The number of hydrogen-bond acceptors (Lipinski definition) is 3. The Morgan fingerprint density at radius 2 is 2.37 bits per heavy atom. The third-order valence-electron chi connectivity index (χ3n) is 3.36. The smallest absolute Gasteiger partial charge is 0.228 e. The van der Waals surface area contributed by atoms with Crippen LogP contribution in [0, 0.1) is 12.8 Å². The van der Waals surface area contributed by atoms with E-state index in [0.29, 0.717) is 6.61 Å². The van der Waals surface area contributed by atoms with Crippen molar-refractivity contribution in [1.29, 1.82) is 0 Å². The number of anilines is 1. The van der Waals surface area contributed by atoms with Crippen molar-refractivity contribution in [3.05, 3.63) is 23.8 Å². The molecule has 1 amide bonds. The molecule has 2 rings (SSSR count). The Morgan fingerprint density at radius 1 is 1.53 bits per heavy atom. The Morgan fingerprint density at radius 3 is 3.05 bits per heavy atom. The molecule has 4 heteroatoms. The Labute approximate surface area is 114 Å². The highest BCUT2D eigenvalue weighted by Crippen LogP contribution is 2.26. The lowest BCUT2D eigenvalue weighted by Crippen LogP contribution is -2.37. The number of nitrogens with one attached hydrogen (secondary N) is 2. The maximum atomic E-state index is 12.2. The first-order valence-electron chi connectivity index (χ1n) is 6.95. The van der Waals surface area contributed by atoms with Gasteiger partial charge in [-0.25, -0.2) is 0 Å². The summed E-state index contributed by atoms with van der Waals surface area (Å²) in [5, 5.41) is 6.25. The SMILES string of the molecule is CCOc1cc(C)ccc1NC(=O)[C@@H]1CCCNC1. The first-order chi connectivity index (χ1) is 9.20. The Bertz CT molecular complexity index is 440. The van der Waals surface area contributed by atoms with Crippen LogP contribution in [0.15, 0.2) is 18.2 Å². The molecule has 1 aromatic carbocycles. The number of aryl methyl sites for hydroxylation is 1. The van der Waals surface area contributed by atoms with Gasteiger partial charge in [0.05, 0.1) is 18.2 Å². The van der Waals surface area contributed by atoms with Crippen molar-refractivity contribution in [2.24, 2.45) is 5.92 Å². The van der Waals surface area contributed by atoms with Crippen LogP contribution < -0.4 is 15.4 Å². The monoisotopic (exact) mass is 262 g/mol. The van der Waals surface area contributed by atoms with Crippen LogP contribution in [0.4, 0.5) is 5.69 Å². The molecule has 0 aromatic heterocycles. The Hall–Kier alpha value is -1.55. The summed E-state index contributed by atoms with van der Waals surface area (Å²) >= 11 is 0. The van der Waals surface area contributed by atoms with Gasteiger partial charge in [0, 0.05) is 6.54 Å². The van der Waals surface area contributed by atoms with Crippen molar-refractivity contribution in [2.75, 3.05) is 25.0 Å². The topological polar surface area (TPSA) is 50.4 Å². The van der Waals surface area contributed by atoms with Crippen LogP contribution in [0.1, 0.15) is 25.3 Å². The summed E-state index contributed by atoms with van der Waals surface area (Å²) in [6.07, 6.45) is 2.01. The lowest BCUT2D eigenvalue weighted by Gasteiger charge is -2.22. The summed E-state index contributed by atoms with van der Waals surface area (Å²) in [4.78, 5) is 12.2. The highest BCUT2D eigenvalue weighted by atomic mass is 16.5. The van der Waals surface area contributed by atoms with Gasteiger partial charge in [-0.15, -0.1) is 0 Å². The van der Waals surface area contributed by atoms with Gasteiger partial charge in [-0.3, -0.25) is 4.79 Å². The average molecular weight is 262 g/mol. The average Bonchev–Trinajstić information content (AvgIpc) is 2.43. The van der Waals surface area contributed by atoms with E-state index in [1.807, 2.05) is 32.0 Å². The van der Waals surface area contributed by atoms with Crippen molar-refractivity contribution >= 4 is 11.6 Å². The van der Waals surface area contributed by atoms with Gasteiger partial charge in [0.1, 0.15) is 5.75 Å². The van der Waals surface area contributed by atoms with Crippen LogP contribution in [0.5, 0.6) is 5.75 Å². The molecule has 0 saturated carbocycles. The molecule has 0 unspecified atom stereocenters. The summed E-state index contributed by atoms with van der Waals surface area (Å²) in [5.41, 5.74) is 1.89. The number of amides is 1. The number of hydrogen-bond donors (Lipinski definition) is 2. The number of carbonyl (C=O) groups excluding carboxylic acids is 1. The highest BCUT2D eigenvalue weighted by molar-refractivity contribution is 5.94. The van der Waals surface area contributed by atoms with E-state index >= 15 is 0 Å². The number of ether oxygens (including phenoxy) is 1. The van der Waals surface area contributed by atoms with E-state index in [9.17, 15) is 4.79 Å². The zero-order valence-electron chi connectivity index (χ0n) is 11.7. The van der Waals surface area contributed by atoms with Crippen LogP contribution in [0.2, 0.25) is 0 Å².